The molecular weight excluding hydrogens is 330 g/mol. The molecule has 0 saturated carbocycles. The smallest absolute Gasteiger partial charge is 0.340 e. The zero-order valence-electron chi connectivity index (χ0n) is 15.6. The number of allylic oxidation sites excluding steroid dienone is 1. The highest BCUT2D eigenvalue weighted by Crippen LogP contribution is 2.32. The number of benzene rings is 1. The number of hydrogen-bond donors (Lipinski definition) is 0. The molecule has 1 aliphatic rings. The average molecular weight is 355 g/mol. The van der Waals surface area contributed by atoms with E-state index in [-0.39, 0.29) is 5.91 Å². The van der Waals surface area contributed by atoms with Crippen LogP contribution in [0.25, 0.3) is 6.08 Å². The topological polar surface area (TPSA) is 55.8 Å². The number of ether oxygens (including phenoxy) is 2. The number of rotatable bonds is 8. The van der Waals surface area contributed by atoms with Gasteiger partial charge in [0.25, 0.3) is 5.91 Å². The van der Waals surface area contributed by atoms with E-state index in [0.29, 0.717) is 35.7 Å². The molecule has 1 heterocycles. The summed E-state index contributed by atoms with van der Waals surface area (Å²) in [4.78, 5) is 26.7. The summed E-state index contributed by atoms with van der Waals surface area (Å²) >= 11 is 0. The Morgan fingerprint density at radius 3 is 2.54 bits per heavy atom. The van der Waals surface area contributed by atoms with Crippen LogP contribution < -0.4 is 4.74 Å². The van der Waals surface area contributed by atoms with Crippen molar-refractivity contribution in [3.63, 3.8) is 0 Å². The maximum atomic E-state index is 12.8. The first kappa shape index (κ1) is 19.5. The number of amides is 1. The predicted molar refractivity (Wildman–Crippen MR) is 101 cm³/mol. The summed E-state index contributed by atoms with van der Waals surface area (Å²) in [5.74, 6) is 0.0599. The molecule has 1 aromatic carbocycles. The summed E-state index contributed by atoms with van der Waals surface area (Å²) in [5, 5.41) is 0. The molecule has 0 N–H and O–H groups in total. The highest BCUT2D eigenvalue weighted by molar-refractivity contribution is 6.16. The van der Waals surface area contributed by atoms with Gasteiger partial charge in [-0.05, 0) is 37.1 Å². The first-order valence-corrected chi connectivity index (χ1v) is 8.70. The van der Waals surface area contributed by atoms with Gasteiger partial charge in [-0.15, -0.1) is 0 Å². The van der Waals surface area contributed by atoms with E-state index in [1.807, 2.05) is 24.3 Å². The van der Waals surface area contributed by atoms with Gasteiger partial charge in [0.05, 0.1) is 18.3 Å². The lowest BCUT2D eigenvalue weighted by molar-refractivity contribution is -0.136. The Balaban J connectivity index is 2.35. The van der Waals surface area contributed by atoms with Gasteiger partial charge in [-0.1, -0.05) is 38.1 Å². The van der Waals surface area contributed by atoms with Crippen molar-refractivity contribution in [2.45, 2.75) is 26.7 Å². The fourth-order valence-electron chi connectivity index (χ4n) is 2.80. The molecule has 1 aromatic rings. The molecule has 0 spiro atoms. The number of methoxy groups -OCH3 is 1. The third kappa shape index (κ3) is 4.23. The van der Waals surface area contributed by atoms with Crippen LogP contribution in [0.3, 0.4) is 0 Å². The largest absolute Gasteiger partial charge is 0.490 e. The van der Waals surface area contributed by atoms with E-state index in [1.54, 1.807) is 24.0 Å². The van der Waals surface area contributed by atoms with Crippen molar-refractivity contribution < 1.29 is 19.1 Å². The molecule has 5 nitrogen and oxygen atoms in total. The molecule has 0 radical (unpaired) electrons. The molecule has 0 atom stereocenters. The molecular formula is C21H25NO4. The molecule has 0 saturated heterocycles. The normalized spacial score (nSPS) is 15.6. The zero-order chi connectivity index (χ0) is 19.1. The predicted octanol–water partition coefficient (Wildman–Crippen LogP) is 3.72. The lowest BCUT2D eigenvalue weighted by Gasteiger charge is -2.17. The van der Waals surface area contributed by atoms with Crippen molar-refractivity contribution in [3.05, 3.63) is 59.3 Å². The van der Waals surface area contributed by atoms with Crippen molar-refractivity contribution in [1.29, 1.82) is 0 Å². The third-order valence-corrected chi connectivity index (χ3v) is 4.20. The van der Waals surface area contributed by atoms with E-state index in [0.717, 1.165) is 18.4 Å². The molecule has 2 rings (SSSR count). The average Bonchev–Trinajstić information content (AvgIpc) is 2.88. The minimum Gasteiger partial charge on any atom is -0.490 e. The van der Waals surface area contributed by atoms with E-state index in [1.165, 1.54) is 7.11 Å². The SMILES string of the molecule is C=CCOc1ccc(/C=C2\C(=O)N(CCCC)C(C)=C2C(=O)OC)cc1. The van der Waals surface area contributed by atoms with Gasteiger partial charge in [-0.25, -0.2) is 4.79 Å². The van der Waals surface area contributed by atoms with Crippen molar-refractivity contribution in [3.8, 4) is 5.75 Å². The summed E-state index contributed by atoms with van der Waals surface area (Å²) in [6.45, 7) is 8.48. The minimum absolute atomic E-state index is 0.164. The van der Waals surface area contributed by atoms with Gasteiger partial charge in [-0.3, -0.25) is 4.79 Å². The van der Waals surface area contributed by atoms with Crippen LogP contribution in [0.1, 0.15) is 32.3 Å². The number of unbranched alkanes of at least 4 members (excludes halogenated alkanes) is 1. The van der Waals surface area contributed by atoms with Crippen LogP contribution in [-0.2, 0) is 14.3 Å². The molecule has 0 aromatic heterocycles. The van der Waals surface area contributed by atoms with Crippen molar-refractivity contribution >= 4 is 18.0 Å². The standard InChI is InChI=1S/C21H25NO4/c1-5-7-12-22-15(3)19(21(24)25-4)18(20(22)23)14-16-8-10-17(11-9-16)26-13-6-2/h6,8-11,14H,2,5,7,12-13H2,1,3-4H3/b18-14-. The van der Waals surface area contributed by atoms with Crippen LogP contribution in [0.4, 0.5) is 0 Å². The third-order valence-electron chi connectivity index (χ3n) is 4.20. The van der Waals surface area contributed by atoms with E-state index >= 15 is 0 Å². The first-order chi connectivity index (χ1) is 12.5. The Bertz CT molecular complexity index is 744. The zero-order valence-corrected chi connectivity index (χ0v) is 15.6. The summed E-state index contributed by atoms with van der Waals surface area (Å²) < 4.78 is 10.4. The summed E-state index contributed by atoms with van der Waals surface area (Å²) in [6, 6.07) is 7.33. The molecule has 0 fully saturated rings. The summed E-state index contributed by atoms with van der Waals surface area (Å²) in [7, 11) is 1.32. The minimum atomic E-state index is -0.493. The van der Waals surface area contributed by atoms with Crippen LogP contribution in [0.15, 0.2) is 53.8 Å². The quantitative estimate of drug-likeness (QED) is 0.405. The maximum absolute atomic E-state index is 12.8. The maximum Gasteiger partial charge on any atom is 0.340 e. The molecule has 1 amide bonds. The van der Waals surface area contributed by atoms with E-state index < -0.39 is 5.97 Å². The fourth-order valence-corrected chi connectivity index (χ4v) is 2.80. The second-order valence-corrected chi connectivity index (χ2v) is 5.99. The number of hydrogen-bond acceptors (Lipinski definition) is 4. The fraction of sp³-hybridized carbons (Fsp3) is 0.333. The van der Waals surface area contributed by atoms with Crippen molar-refractivity contribution in [2.75, 3.05) is 20.3 Å². The Labute approximate surface area is 154 Å². The number of esters is 1. The van der Waals surface area contributed by atoms with E-state index in [2.05, 4.69) is 13.5 Å². The van der Waals surface area contributed by atoms with Crippen LogP contribution in [-0.4, -0.2) is 37.0 Å². The van der Waals surface area contributed by atoms with Gasteiger partial charge in [0.1, 0.15) is 12.4 Å². The molecule has 0 bridgehead atoms. The highest BCUT2D eigenvalue weighted by atomic mass is 16.5. The Morgan fingerprint density at radius 1 is 1.27 bits per heavy atom. The van der Waals surface area contributed by atoms with Crippen LogP contribution in [0.5, 0.6) is 5.75 Å². The van der Waals surface area contributed by atoms with Gasteiger partial charge < -0.3 is 14.4 Å². The van der Waals surface area contributed by atoms with Crippen LogP contribution >= 0.6 is 0 Å². The van der Waals surface area contributed by atoms with Crippen LogP contribution in [0.2, 0.25) is 0 Å². The summed E-state index contributed by atoms with van der Waals surface area (Å²) in [6.07, 6.45) is 5.24. The molecule has 0 unspecified atom stereocenters. The summed E-state index contributed by atoms with van der Waals surface area (Å²) in [5.41, 5.74) is 2.16. The molecule has 1 aliphatic heterocycles. The van der Waals surface area contributed by atoms with Gasteiger partial charge >= 0.3 is 5.97 Å². The van der Waals surface area contributed by atoms with Gasteiger partial charge in [0, 0.05) is 12.2 Å². The molecule has 5 heteroatoms. The molecule has 138 valence electrons. The second-order valence-electron chi connectivity index (χ2n) is 5.99. The second kappa shape index (κ2) is 9.04. The number of carbonyl (C=O) groups excluding carboxylic acids is 2. The van der Waals surface area contributed by atoms with E-state index in [9.17, 15) is 9.59 Å². The van der Waals surface area contributed by atoms with E-state index in [4.69, 9.17) is 9.47 Å². The van der Waals surface area contributed by atoms with Crippen molar-refractivity contribution in [2.24, 2.45) is 0 Å². The Hall–Kier alpha value is -2.82. The lowest BCUT2D eigenvalue weighted by Crippen LogP contribution is -2.26. The molecule has 26 heavy (non-hydrogen) atoms. The number of nitrogens with zero attached hydrogens (tertiary/aromatic N) is 1. The van der Waals surface area contributed by atoms with Crippen LogP contribution in [0, 0.1) is 0 Å². The Kier molecular flexibility index (Phi) is 6.78. The number of carbonyl (C=O) groups is 2. The first-order valence-electron chi connectivity index (χ1n) is 8.70. The Morgan fingerprint density at radius 2 is 1.96 bits per heavy atom. The molecule has 0 aliphatic carbocycles. The van der Waals surface area contributed by atoms with Gasteiger partial charge in [0.2, 0.25) is 0 Å². The van der Waals surface area contributed by atoms with Gasteiger partial charge in [0.15, 0.2) is 0 Å². The van der Waals surface area contributed by atoms with Crippen molar-refractivity contribution in [1.82, 2.24) is 4.90 Å². The van der Waals surface area contributed by atoms with Gasteiger partial charge in [-0.2, -0.15) is 0 Å². The lowest BCUT2D eigenvalue weighted by atomic mass is 10.0. The highest BCUT2D eigenvalue weighted by Gasteiger charge is 2.36. The monoisotopic (exact) mass is 355 g/mol.